The quantitative estimate of drug-likeness (QED) is 0.765. The molecule has 1 aromatic rings. The van der Waals surface area contributed by atoms with Gasteiger partial charge in [0, 0.05) is 0 Å². The van der Waals surface area contributed by atoms with Crippen LogP contribution in [0.1, 0.15) is 30.6 Å². The highest BCUT2D eigenvalue weighted by molar-refractivity contribution is 4.95. The van der Waals surface area contributed by atoms with Crippen LogP contribution in [0.5, 0.6) is 0 Å². The fraction of sp³-hybridized carbons (Fsp3) is 0.778. The van der Waals surface area contributed by atoms with Crippen LogP contribution in [0.2, 0.25) is 0 Å². The molecule has 0 spiro atoms. The van der Waals surface area contributed by atoms with Crippen LogP contribution >= 0.6 is 0 Å². The highest BCUT2D eigenvalue weighted by Gasteiger charge is 2.27. The van der Waals surface area contributed by atoms with Gasteiger partial charge in [-0.3, -0.25) is 4.90 Å². The average molecular weight is 196 g/mol. The molecule has 5 nitrogen and oxygen atoms in total. The van der Waals surface area contributed by atoms with Crippen LogP contribution < -0.4 is 5.32 Å². The van der Waals surface area contributed by atoms with E-state index in [-0.39, 0.29) is 0 Å². The Bertz CT molecular complexity index is 299. The fourth-order valence-corrected chi connectivity index (χ4v) is 1.86. The van der Waals surface area contributed by atoms with E-state index in [0.29, 0.717) is 12.6 Å². The van der Waals surface area contributed by atoms with Crippen molar-refractivity contribution in [2.45, 2.75) is 25.4 Å². The Hall–Kier alpha value is -0.940. The Kier molecular flexibility index (Phi) is 2.79. The largest absolute Gasteiger partial charge is 0.338 e. The summed E-state index contributed by atoms with van der Waals surface area (Å²) in [7, 11) is 3.97. The molecule has 1 saturated heterocycles. The van der Waals surface area contributed by atoms with Crippen LogP contribution in [0.4, 0.5) is 0 Å². The minimum Gasteiger partial charge on any atom is -0.338 e. The van der Waals surface area contributed by atoms with E-state index >= 15 is 0 Å². The van der Waals surface area contributed by atoms with Gasteiger partial charge in [-0.1, -0.05) is 5.16 Å². The third kappa shape index (κ3) is 1.78. The summed E-state index contributed by atoms with van der Waals surface area (Å²) in [6.45, 7) is 1.79. The molecule has 2 heterocycles. The van der Waals surface area contributed by atoms with Gasteiger partial charge in [0.1, 0.15) is 0 Å². The highest BCUT2D eigenvalue weighted by atomic mass is 16.5. The van der Waals surface area contributed by atoms with Crippen LogP contribution in [0.3, 0.4) is 0 Å². The molecule has 0 amide bonds. The van der Waals surface area contributed by atoms with Crippen molar-refractivity contribution in [3.05, 3.63) is 11.7 Å². The summed E-state index contributed by atoms with van der Waals surface area (Å²) in [5, 5.41) is 6.91. The average Bonchev–Trinajstić information content (AvgIpc) is 2.74. The Labute approximate surface area is 83.5 Å². The first kappa shape index (κ1) is 9.61. The molecule has 1 aliphatic rings. The molecule has 0 saturated carbocycles. The first-order valence-electron chi connectivity index (χ1n) is 4.98. The van der Waals surface area contributed by atoms with Crippen molar-refractivity contribution in [3.8, 4) is 0 Å². The third-order valence-corrected chi connectivity index (χ3v) is 2.62. The number of hydrogen-bond acceptors (Lipinski definition) is 5. The fourth-order valence-electron chi connectivity index (χ4n) is 1.86. The summed E-state index contributed by atoms with van der Waals surface area (Å²) in [6.07, 6.45) is 2.34. The maximum absolute atomic E-state index is 5.23. The van der Waals surface area contributed by atoms with E-state index in [1.165, 1.54) is 6.42 Å². The molecule has 1 atom stereocenters. The first-order chi connectivity index (χ1) is 6.81. The molecule has 1 aromatic heterocycles. The Morgan fingerprint density at radius 2 is 2.50 bits per heavy atom. The SMILES string of the molecule is CNCc1noc(C2CCCN2C)n1. The van der Waals surface area contributed by atoms with Gasteiger partial charge < -0.3 is 9.84 Å². The number of nitrogens with one attached hydrogen (secondary N) is 1. The monoisotopic (exact) mass is 196 g/mol. The summed E-state index contributed by atoms with van der Waals surface area (Å²) >= 11 is 0. The molecule has 0 bridgehead atoms. The van der Waals surface area contributed by atoms with Gasteiger partial charge in [-0.2, -0.15) is 4.98 Å². The van der Waals surface area contributed by atoms with E-state index < -0.39 is 0 Å². The molecule has 2 rings (SSSR count). The summed E-state index contributed by atoms with van der Waals surface area (Å²) in [5.74, 6) is 1.50. The van der Waals surface area contributed by atoms with Gasteiger partial charge in [-0.25, -0.2) is 0 Å². The molecule has 1 unspecified atom stereocenters. The first-order valence-corrected chi connectivity index (χ1v) is 4.98. The molecule has 5 heteroatoms. The van der Waals surface area contributed by atoms with E-state index in [2.05, 4.69) is 27.4 Å². The predicted octanol–water partition coefficient (Wildman–Crippen LogP) is 0.556. The second kappa shape index (κ2) is 4.06. The van der Waals surface area contributed by atoms with E-state index in [1.54, 1.807) is 0 Å². The zero-order valence-electron chi connectivity index (χ0n) is 8.66. The topological polar surface area (TPSA) is 54.2 Å². The lowest BCUT2D eigenvalue weighted by molar-refractivity contribution is 0.244. The Morgan fingerprint density at radius 1 is 1.64 bits per heavy atom. The van der Waals surface area contributed by atoms with Gasteiger partial charge in [0.15, 0.2) is 5.82 Å². The third-order valence-electron chi connectivity index (χ3n) is 2.62. The number of hydrogen-bond donors (Lipinski definition) is 1. The normalized spacial score (nSPS) is 23.1. The molecular formula is C9H16N4O. The van der Waals surface area contributed by atoms with Crippen molar-refractivity contribution in [1.29, 1.82) is 0 Å². The van der Waals surface area contributed by atoms with Crippen LogP contribution in [0.25, 0.3) is 0 Å². The summed E-state index contributed by atoms with van der Waals surface area (Å²) in [5.41, 5.74) is 0. The molecule has 14 heavy (non-hydrogen) atoms. The lowest BCUT2D eigenvalue weighted by Gasteiger charge is -2.14. The van der Waals surface area contributed by atoms with Crippen molar-refractivity contribution in [2.75, 3.05) is 20.6 Å². The second-order valence-corrected chi connectivity index (χ2v) is 3.72. The molecule has 0 radical (unpaired) electrons. The highest BCUT2D eigenvalue weighted by Crippen LogP contribution is 2.28. The number of aromatic nitrogens is 2. The molecule has 1 N–H and O–H groups in total. The van der Waals surface area contributed by atoms with Gasteiger partial charge in [-0.05, 0) is 33.5 Å². The molecule has 0 aliphatic carbocycles. The van der Waals surface area contributed by atoms with Crippen molar-refractivity contribution in [3.63, 3.8) is 0 Å². The molecule has 1 aliphatic heterocycles. The Balaban J connectivity index is 2.08. The van der Waals surface area contributed by atoms with Gasteiger partial charge in [0.05, 0.1) is 12.6 Å². The summed E-state index contributed by atoms with van der Waals surface area (Å²) in [6, 6.07) is 0.327. The zero-order chi connectivity index (χ0) is 9.97. The van der Waals surface area contributed by atoms with E-state index in [9.17, 15) is 0 Å². The predicted molar refractivity (Wildman–Crippen MR) is 51.7 cm³/mol. The molecular weight excluding hydrogens is 180 g/mol. The lowest BCUT2D eigenvalue weighted by atomic mass is 10.2. The number of likely N-dealkylation sites (tertiary alicyclic amines) is 1. The molecule has 1 fully saturated rings. The maximum Gasteiger partial charge on any atom is 0.244 e. The molecule has 78 valence electrons. The summed E-state index contributed by atoms with van der Waals surface area (Å²) < 4.78 is 5.23. The summed E-state index contributed by atoms with van der Waals surface area (Å²) in [4.78, 5) is 6.61. The van der Waals surface area contributed by atoms with Crippen molar-refractivity contribution in [1.82, 2.24) is 20.4 Å². The van der Waals surface area contributed by atoms with Gasteiger partial charge >= 0.3 is 0 Å². The van der Waals surface area contributed by atoms with Crippen molar-refractivity contribution < 1.29 is 4.52 Å². The van der Waals surface area contributed by atoms with E-state index in [1.807, 2.05) is 7.05 Å². The molecule has 0 aromatic carbocycles. The number of nitrogens with zero attached hydrogens (tertiary/aromatic N) is 3. The van der Waals surface area contributed by atoms with Crippen LogP contribution in [0, 0.1) is 0 Å². The number of rotatable bonds is 3. The van der Waals surface area contributed by atoms with Gasteiger partial charge in [0.2, 0.25) is 5.89 Å². The lowest BCUT2D eigenvalue weighted by Crippen LogP contribution is -2.17. The minimum absolute atomic E-state index is 0.327. The second-order valence-electron chi connectivity index (χ2n) is 3.72. The van der Waals surface area contributed by atoms with Crippen LogP contribution in [0.15, 0.2) is 4.52 Å². The Morgan fingerprint density at radius 3 is 3.14 bits per heavy atom. The van der Waals surface area contributed by atoms with Crippen LogP contribution in [-0.2, 0) is 6.54 Å². The van der Waals surface area contributed by atoms with Crippen LogP contribution in [-0.4, -0.2) is 35.7 Å². The van der Waals surface area contributed by atoms with Crippen molar-refractivity contribution in [2.24, 2.45) is 0 Å². The van der Waals surface area contributed by atoms with Gasteiger partial charge in [0.25, 0.3) is 0 Å². The maximum atomic E-state index is 5.23. The van der Waals surface area contributed by atoms with Crippen molar-refractivity contribution >= 4 is 0 Å². The van der Waals surface area contributed by atoms with E-state index in [4.69, 9.17) is 4.52 Å². The zero-order valence-corrected chi connectivity index (χ0v) is 8.66. The smallest absolute Gasteiger partial charge is 0.244 e. The minimum atomic E-state index is 0.327. The standard InChI is InChI=1S/C9H16N4O/c1-10-6-8-11-9(14-12-8)7-4-3-5-13(7)2/h7,10H,3-6H2,1-2H3. The van der Waals surface area contributed by atoms with Gasteiger partial charge in [-0.15, -0.1) is 0 Å². The van der Waals surface area contributed by atoms with E-state index in [0.717, 1.165) is 24.7 Å².